The highest BCUT2D eigenvalue weighted by Gasteiger charge is 2.27. The van der Waals surface area contributed by atoms with Gasteiger partial charge in [0.1, 0.15) is 11.9 Å². The number of aromatic nitrogens is 1. The second kappa shape index (κ2) is 11.7. The Morgan fingerprint density at radius 1 is 1.11 bits per heavy atom. The monoisotopic (exact) mass is 496 g/mol. The van der Waals surface area contributed by atoms with E-state index in [0.29, 0.717) is 31.0 Å². The topological polar surface area (TPSA) is 101 Å². The molecule has 0 aliphatic carbocycles. The van der Waals surface area contributed by atoms with Crippen molar-refractivity contribution in [3.63, 3.8) is 0 Å². The van der Waals surface area contributed by atoms with E-state index in [-0.39, 0.29) is 23.8 Å². The van der Waals surface area contributed by atoms with E-state index in [4.69, 9.17) is 5.26 Å². The molecule has 1 fully saturated rings. The molecule has 3 aromatic rings. The number of nitrogens with zero attached hydrogens (tertiary/aromatic N) is 4. The molecule has 1 saturated heterocycles. The third-order valence-electron chi connectivity index (χ3n) is 6.76. The van der Waals surface area contributed by atoms with Crippen LogP contribution < -0.4 is 15.5 Å². The molecule has 3 atom stereocenters. The molecule has 2 N–H and O–H groups in total. The van der Waals surface area contributed by atoms with Gasteiger partial charge in [0.15, 0.2) is 0 Å². The van der Waals surface area contributed by atoms with Gasteiger partial charge in [-0.3, -0.25) is 9.59 Å². The summed E-state index contributed by atoms with van der Waals surface area (Å²) in [5.74, 6) is 0.450. The Labute approximate surface area is 217 Å². The minimum absolute atomic E-state index is 0.0718. The van der Waals surface area contributed by atoms with E-state index in [2.05, 4.69) is 35.5 Å². The molecule has 4 rings (SSSR count). The maximum absolute atomic E-state index is 13.4. The molecule has 0 radical (unpaired) electrons. The second-order valence-corrected chi connectivity index (χ2v) is 9.53. The van der Waals surface area contributed by atoms with Crippen LogP contribution in [0.5, 0.6) is 0 Å². The molecule has 0 bridgehead atoms. The van der Waals surface area contributed by atoms with Gasteiger partial charge in [-0.15, -0.1) is 0 Å². The Morgan fingerprint density at radius 3 is 2.49 bits per heavy atom. The van der Waals surface area contributed by atoms with Crippen LogP contribution in [0, 0.1) is 11.3 Å². The van der Waals surface area contributed by atoms with Crippen molar-refractivity contribution in [3.8, 4) is 6.07 Å². The summed E-state index contributed by atoms with van der Waals surface area (Å²) < 4.78 is 0. The molecule has 0 spiro atoms. The molecular formula is C29H32N6O2. The van der Waals surface area contributed by atoms with Gasteiger partial charge in [0.05, 0.1) is 30.1 Å². The van der Waals surface area contributed by atoms with Crippen LogP contribution in [0.3, 0.4) is 0 Å². The summed E-state index contributed by atoms with van der Waals surface area (Å²) in [6, 6.07) is 22.5. The number of hydrogen-bond acceptors (Lipinski definition) is 6. The first-order valence-electron chi connectivity index (χ1n) is 12.4. The van der Waals surface area contributed by atoms with Gasteiger partial charge >= 0.3 is 0 Å². The Morgan fingerprint density at radius 2 is 1.84 bits per heavy atom. The molecule has 8 heteroatoms. The molecular weight excluding hydrogens is 464 g/mol. The Bertz CT molecular complexity index is 1250. The Kier molecular flexibility index (Phi) is 8.16. The van der Waals surface area contributed by atoms with Crippen LogP contribution >= 0.6 is 0 Å². The molecule has 1 aliphatic rings. The number of hydrogen-bond donors (Lipinski definition) is 2. The molecule has 8 nitrogen and oxygen atoms in total. The third kappa shape index (κ3) is 6.32. The lowest BCUT2D eigenvalue weighted by Crippen LogP contribution is -2.53. The highest BCUT2D eigenvalue weighted by Crippen LogP contribution is 2.23. The van der Waals surface area contributed by atoms with E-state index >= 15 is 0 Å². The van der Waals surface area contributed by atoms with Gasteiger partial charge in [0, 0.05) is 26.2 Å². The van der Waals surface area contributed by atoms with Crippen LogP contribution in [0.1, 0.15) is 42.5 Å². The summed E-state index contributed by atoms with van der Waals surface area (Å²) in [7, 11) is 1.81. The van der Waals surface area contributed by atoms with Crippen molar-refractivity contribution in [3.05, 3.63) is 89.6 Å². The number of anilines is 2. The first kappa shape index (κ1) is 25.9. The zero-order chi connectivity index (χ0) is 26.4. The van der Waals surface area contributed by atoms with Gasteiger partial charge in [-0.1, -0.05) is 49.4 Å². The van der Waals surface area contributed by atoms with Crippen LogP contribution in [0.25, 0.3) is 0 Å². The van der Waals surface area contributed by atoms with Gasteiger partial charge in [-0.25, -0.2) is 4.98 Å². The molecule has 1 unspecified atom stereocenters. The van der Waals surface area contributed by atoms with Crippen LogP contribution in [-0.4, -0.2) is 54.4 Å². The SMILES string of the molecule is CC1CN(C)C(=O)CN1c1ccc(NC(=O)[C@H](NC[C@@H](C)c2ccc(C#N)cc2)c2ccccc2)nc1. The predicted octanol–water partition coefficient (Wildman–Crippen LogP) is 3.69. The van der Waals surface area contributed by atoms with E-state index in [9.17, 15) is 9.59 Å². The van der Waals surface area contributed by atoms with Gasteiger partial charge in [0.2, 0.25) is 11.8 Å². The van der Waals surface area contributed by atoms with Gasteiger partial charge in [0.25, 0.3) is 0 Å². The van der Waals surface area contributed by atoms with E-state index in [1.165, 1.54) is 0 Å². The maximum atomic E-state index is 13.4. The van der Waals surface area contributed by atoms with Crippen molar-refractivity contribution in [2.45, 2.75) is 31.8 Å². The number of carbonyl (C=O) groups is 2. The van der Waals surface area contributed by atoms with Crippen LogP contribution in [-0.2, 0) is 9.59 Å². The van der Waals surface area contributed by atoms with Crippen molar-refractivity contribution >= 4 is 23.3 Å². The predicted molar refractivity (Wildman–Crippen MR) is 144 cm³/mol. The molecule has 2 amide bonds. The van der Waals surface area contributed by atoms with Crippen molar-refractivity contribution in [1.29, 1.82) is 5.26 Å². The van der Waals surface area contributed by atoms with Crippen LogP contribution in [0.2, 0.25) is 0 Å². The van der Waals surface area contributed by atoms with Gasteiger partial charge in [-0.05, 0) is 48.2 Å². The van der Waals surface area contributed by atoms with Crippen LogP contribution in [0.4, 0.5) is 11.5 Å². The lowest BCUT2D eigenvalue weighted by molar-refractivity contribution is -0.130. The number of nitriles is 1. The molecule has 37 heavy (non-hydrogen) atoms. The lowest BCUT2D eigenvalue weighted by atomic mass is 9.98. The average Bonchev–Trinajstić information content (AvgIpc) is 2.92. The number of benzene rings is 2. The van der Waals surface area contributed by atoms with Gasteiger partial charge in [-0.2, -0.15) is 5.26 Å². The van der Waals surface area contributed by atoms with Crippen LogP contribution in [0.15, 0.2) is 72.9 Å². The second-order valence-electron chi connectivity index (χ2n) is 9.53. The minimum atomic E-state index is -0.571. The van der Waals surface area contributed by atoms with Crippen molar-refractivity contribution in [2.24, 2.45) is 0 Å². The minimum Gasteiger partial charge on any atom is -0.356 e. The highest BCUT2D eigenvalue weighted by atomic mass is 16.2. The molecule has 1 aliphatic heterocycles. The molecule has 2 aromatic carbocycles. The summed E-state index contributed by atoms with van der Waals surface area (Å²) in [4.78, 5) is 33.7. The number of amides is 2. The largest absolute Gasteiger partial charge is 0.356 e. The summed E-state index contributed by atoms with van der Waals surface area (Å²) >= 11 is 0. The highest BCUT2D eigenvalue weighted by molar-refractivity contribution is 5.95. The van der Waals surface area contributed by atoms with Crippen molar-refractivity contribution in [2.75, 3.05) is 36.9 Å². The van der Waals surface area contributed by atoms with E-state index in [1.807, 2.05) is 60.5 Å². The summed E-state index contributed by atoms with van der Waals surface area (Å²) in [6.07, 6.45) is 1.70. The fourth-order valence-corrected chi connectivity index (χ4v) is 4.50. The summed E-state index contributed by atoms with van der Waals surface area (Å²) in [6.45, 7) is 5.69. The van der Waals surface area contributed by atoms with E-state index in [1.54, 1.807) is 29.3 Å². The van der Waals surface area contributed by atoms with E-state index < -0.39 is 6.04 Å². The zero-order valence-electron chi connectivity index (χ0n) is 21.4. The number of pyridine rings is 1. The quantitative estimate of drug-likeness (QED) is 0.493. The van der Waals surface area contributed by atoms with Crippen molar-refractivity contribution < 1.29 is 9.59 Å². The van der Waals surface area contributed by atoms with Gasteiger partial charge < -0.3 is 20.4 Å². The molecule has 0 saturated carbocycles. The number of carbonyl (C=O) groups excluding carboxylic acids is 2. The average molecular weight is 497 g/mol. The summed E-state index contributed by atoms with van der Waals surface area (Å²) in [5, 5.41) is 15.4. The normalized spacial score (nSPS) is 17.1. The van der Waals surface area contributed by atoms with E-state index in [0.717, 1.165) is 16.8 Å². The number of piperazine rings is 1. The Hall–Kier alpha value is -4.22. The molecule has 2 heterocycles. The fraction of sp³-hybridized carbons (Fsp3) is 0.310. The maximum Gasteiger partial charge on any atom is 0.247 e. The zero-order valence-corrected chi connectivity index (χ0v) is 21.4. The van der Waals surface area contributed by atoms with Crippen molar-refractivity contribution in [1.82, 2.24) is 15.2 Å². The number of likely N-dealkylation sites (N-methyl/N-ethyl adjacent to an activating group) is 1. The number of rotatable bonds is 8. The lowest BCUT2D eigenvalue weighted by Gasteiger charge is -2.39. The molecule has 190 valence electrons. The Balaban J connectivity index is 1.44. The standard InChI is InChI=1S/C29H32N6O2/c1-20(23-11-9-22(15-30)10-12-23)16-32-28(24-7-5-4-6-8-24)29(37)33-26-14-13-25(17-31-26)35-19-27(36)34(3)18-21(35)2/h4-14,17,20-21,28,32H,16,18-19H2,1-3H3,(H,31,33,37)/t20-,21?,28-/m1/s1. The summed E-state index contributed by atoms with van der Waals surface area (Å²) in [5.41, 5.74) is 3.42. The first-order chi connectivity index (χ1) is 17.9. The third-order valence-corrected chi connectivity index (χ3v) is 6.76. The fourth-order valence-electron chi connectivity index (χ4n) is 4.50. The molecule has 1 aromatic heterocycles. The first-order valence-corrected chi connectivity index (χ1v) is 12.4. The smallest absolute Gasteiger partial charge is 0.247 e. The number of nitrogens with one attached hydrogen (secondary N) is 2.